The molecule has 0 radical (unpaired) electrons. The lowest BCUT2D eigenvalue weighted by atomic mass is 9.84. The van der Waals surface area contributed by atoms with Crippen LogP contribution < -0.4 is 0 Å². The summed E-state index contributed by atoms with van der Waals surface area (Å²) in [6.45, 7) is 0. The van der Waals surface area contributed by atoms with Crippen molar-refractivity contribution in [3.63, 3.8) is 0 Å². The minimum absolute atomic E-state index is 1.24. The zero-order valence-corrected chi connectivity index (χ0v) is 28.6. The van der Waals surface area contributed by atoms with Crippen molar-refractivity contribution in [3.8, 4) is 33.4 Å². The van der Waals surface area contributed by atoms with E-state index in [-0.39, 0.29) is 0 Å². The molecule has 232 valence electrons. The summed E-state index contributed by atoms with van der Waals surface area (Å²) in [7, 11) is 0. The topological polar surface area (TPSA) is 0 Å². The Balaban J connectivity index is 1.10. The van der Waals surface area contributed by atoms with Crippen LogP contribution >= 0.6 is 22.7 Å². The summed E-state index contributed by atoms with van der Waals surface area (Å²) in [4.78, 5) is 0. The SMILES string of the molecule is c1cc(-c2ccc3c(c2)sc2cc4sc5ccccc5c4cc23)cc(-c2c3ccccc3c(-c3cccc4ccccc34)c3ccccc23)c1. The van der Waals surface area contributed by atoms with Crippen LogP contribution in [0.25, 0.3) is 106 Å². The van der Waals surface area contributed by atoms with Gasteiger partial charge in [-0.25, -0.2) is 0 Å². The predicted molar refractivity (Wildman–Crippen MR) is 221 cm³/mol. The monoisotopic (exact) mass is 668 g/mol. The smallest absolute Gasteiger partial charge is 0.0369 e. The number of rotatable bonds is 3. The second kappa shape index (κ2) is 10.9. The Bertz CT molecular complexity index is 3090. The van der Waals surface area contributed by atoms with Gasteiger partial charge in [-0.1, -0.05) is 140 Å². The molecule has 0 aliphatic heterocycles. The molecule has 0 saturated heterocycles. The third-order valence-electron chi connectivity index (χ3n) is 10.4. The van der Waals surface area contributed by atoms with E-state index < -0.39 is 0 Å². The highest BCUT2D eigenvalue weighted by Gasteiger charge is 2.18. The van der Waals surface area contributed by atoms with Gasteiger partial charge in [-0.2, -0.15) is 0 Å². The standard InChI is InChI=1S/C48H28S2/c1-2-15-33-29(11-1)12-10-21-36(33)48-39-19-5-3-17-37(39)47(38-18-4-6-20-40(38)48)32-14-9-13-30(25-32)31-23-24-35-42-27-41-34-16-7-8-22-43(34)49-45(41)28-46(42)50-44(35)26-31/h1-28H. The number of hydrogen-bond acceptors (Lipinski definition) is 2. The fourth-order valence-electron chi connectivity index (χ4n) is 8.20. The number of hydrogen-bond donors (Lipinski definition) is 0. The Morgan fingerprint density at radius 2 is 0.780 bits per heavy atom. The van der Waals surface area contributed by atoms with Crippen molar-refractivity contribution in [2.24, 2.45) is 0 Å². The molecule has 0 spiro atoms. The van der Waals surface area contributed by atoms with E-state index in [1.807, 2.05) is 22.7 Å². The minimum Gasteiger partial charge on any atom is -0.135 e. The fraction of sp³-hybridized carbons (Fsp3) is 0. The first-order valence-corrected chi connectivity index (χ1v) is 18.7. The lowest BCUT2D eigenvalue weighted by Crippen LogP contribution is -1.92. The molecule has 9 aromatic carbocycles. The largest absolute Gasteiger partial charge is 0.135 e. The molecule has 0 bridgehead atoms. The van der Waals surface area contributed by atoms with Crippen molar-refractivity contribution in [2.75, 3.05) is 0 Å². The molecule has 0 fully saturated rings. The minimum atomic E-state index is 1.24. The van der Waals surface area contributed by atoms with Crippen LogP contribution in [0.5, 0.6) is 0 Å². The van der Waals surface area contributed by atoms with Gasteiger partial charge in [-0.15, -0.1) is 22.7 Å². The Labute approximate surface area is 297 Å². The molecular weight excluding hydrogens is 641 g/mol. The molecule has 2 aromatic heterocycles. The molecule has 0 nitrogen and oxygen atoms in total. The molecule has 2 heterocycles. The summed E-state index contributed by atoms with van der Waals surface area (Å²) >= 11 is 3.80. The van der Waals surface area contributed by atoms with E-state index in [2.05, 4.69) is 170 Å². The Hall–Kier alpha value is -5.80. The Morgan fingerprint density at radius 3 is 1.54 bits per heavy atom. The summed E-state index contributed by atoms with van der Waals surface area (Å²) in [5.74, 6) is 0. The van der Waals surface area contributed by atoms with Crippen molar-refractivity contribution >= 4 is 95.3 Å². The van der Waals surface area contributed by atoms with Gasteiger partial charge in [0.05, 0.1) is 0 Å². The molecule has 0 unspecified atom stereocenters. The van der Waals surface area contributed by atoms with Gasteiger partial charge in [0.15, 0.2) is 0 Å². The molecule has 11 aromatic rings. The van der Waals surface area contributed by atoms with Gasteiger partial charge < -0.3 is 0 Å². The number of fused-ring (bicyclic) bond motifs is 9. The van der Waals surface area contributed by atoms with Gasteiger partial charge in [0.1, 0.15) is 0 Å². The average Bonchev–Trinajstić information content (AvgIpc) is 3.72. The normalized spacial score (nSPS) is 12.0. The lowest BCUT2D eigenvalue weighted by Gasteiger charge is -2.19. The van der Waals surface area contributed by atoms with Gasteiger partial charge in [-0.05, 0) is 96.0 Å². The molecule has 2 heteroatoms. The summed E-state index contributed by atoms with van der Waals surface area (Å²) in [6, 6.07) is 63.1. The van der Waals surface area contributed by atoms with Crippen LogP contribution in [0.3, 0.4) is 0 Å². The van der Waals surface area contributed by atoms with E-state index in [0.717, 1.165) is 0 Å². The third kappa shape index (κ3) is 4.16. The average molecular weight is 669 g/mol. The van der Waals surface area contributed by atoms with E-state index in [0.29, 0.717) is 0 Å². The van der Waals surface area contributed by atoms with Crippen molar-refractivity contribution < 1.29 is 0 Å². The van der Waals surface area contributed by atoms with Crippen molar-refractivity contribution in [1.29, 1.82) is 0 Å². The highest BCUT2D eigenvalue weighted by molar-refractivity contribution is 7.28. The van der Waals surface area contributed by atoms with Crippen LogP contribution in [0.1, 0.15) is 0 Å². The first-order valence-electron chi connectivity index (χ1n) is 17.1. The third-order valence-corrected chi connectivity index (χ3v) is 12.7. The first kappa shape index (κ1) is 28.1. The highest BCUT2D eigenvalue weighted by atomic mass is 32.1. The van der Waals surface area contributed by atoms with Gasteiger partial charge in [0, 0.05) is 40.3 Å². The van der Waals surface area contributed by atoms with Gasteiger partial charge in [0.2, 0.25) is 0 Å². The van der Waals surface area contributed by atoms with E-state index in [1.54, 1.807) is 0 Å². The quantitative estimate of drug-likeness (QED) is 0.164. The Morgan fingerprint density at radius 1 is 0.260 bits per heavy atom. The van der Waals surface area contributed by atoms with Gasteiger partial charge >= 0.3 is 0 Å². The van der Waals surface area contributed by atoms with Gasteiger partial charge in [-0.3, -0.25) is 0 Å². The van der Waals surface area contributed by atoms with Crippen LogP contribution in [0.15, 0.2) is 170 Å². The molecule has 0 aliphatic carbocycles. The number of thiophene rings is 2. The van der Waals surface area contributed by atoms with Crippen molar-refractivity contribution in [2.45, 2.75) is 0 Å². The zero-order valence-electron chi connectivity index (χ0n) is 27.0. The molecule has 0 saturated carbocycles. The van der Waals surface area contributed by atoms with Crippen molar-refractivity contribution in [1.82, 2.24) is 0 Å². The van der Waals surface area contributed by atoms with E-state index in [1.165, 1.54) is 106 Å². The molecule has 0 amide bonds. The maximum absolute atomic E-state index is 2.42. The summed E-state index contributed by atoms with van der Waals surface area (Å²) < 4.78 is 5.41. The molecule has 0 N–H and O–H groups in total. The van der Waals surface area contributed by atoms with E-state index in [4.69, 9.17) is 0 Å². The number of benzene rings is 9. The Kier molecular flexibility index (Phi) is 6.09. The van der Waals surface area contributed by atoms with Crippen LogP contribution in [0, 0.1) is 0 Å². The van der Waals surface area contributed by atoms with Crippen LogP contribution in [-0.4, -0.2) is 0 Å². The fourth-order valence-corrected chi connectivity index (χ4v) is 10.6. The first-order chi connectivity index (χ1) is 24.8. The maximum Gasteiger partial charge on any atom is 0.0369 e. The van der Waals surface area contributed by atoms with E-state index >= 15 is 0 Å². The maximum atomic E-state index is 2.42. The van der Waals surface area contributed by atoms with Crippen molar-refractivity contribution in [3.05, 3.63) is 170 Å². The highest BCUT2D eigenvalue weighted by Crippen LogP contribution is 2.46. The predicted octanol–water partition coefficient (Wildman–Crippen LogP) is 14.9. The van der Waals surface area contributed by atoms with Crippen LogP contribution in [-0.2, 0) is 0 Å². The second-order valence-electron chi connectivity index (χ2n) is 13.2. The molecule has 50 heavy (non-hydrogen) atoms. The summed E-state index contributed by atoms with van der Waals surface area (Å²) in [6.07, 6.45) is 0. The zero-order chi connectivity index (χ0) is 32.8. The second-order valence-corrected chi connectivity index (χ2v) is 15.4. The molecular formula is C48H28S2. The van der Waals surface area contributed by atoms with Crippen LogP contribution in [0.2, 0.25) is 0 Å². The van der Waals surface area contributed by atoms with Crippen LogP contribution in [0.4, 0.5) is 0 Å². The molecule has 11 rings (SSSR count). The van der Waals surface area contributed by atoms with E-state index in [9.17, 15) is 0 Å². The lowest BCUT2D eigenvalue weighted by molar-refractivity contribution is 1.63. The van der Waals surface area contributed by atoms with Gasteiger partial charge in [0.25, 0.3) is 0 Å². The summed E-state index contributed by atoms with van der Waals surface area (Å²) in [5.41, 5.74) is 7.59. The molecule has 0 atom stereocenters. The molecule has 0 aliphatic rings. The summed E-state index contributed by atoms with van der Waals surface area (Å²) in [5, 5.41) is 13.1.